The number of rotatable bonds is 1. The molecule has 0 spiro atoms. The minimum Gasteiger partial charge on any atom is -0.454 e. The summed E-state index contributed by atoms with van der Waals surface area (Å²) < 4.78 is 10.6. The third kappa shape index (κ3) is 2.91. The Hall–Kier alpha value is -1.17. The molecule has 1 aromatic carbocycles. The van der Waals surface area contributed by atoms with Crippen LogP contribution in [0, 0.1) is 0 Å². The van der Waals surface area contributed by atoms with Gasteiger partial charge in [0.05, 0.1) is 5.02 Å². The highest BCUT2D eigenvalue weighted by Crippen LogP contribution is 2.40. The molecule has 1 amide bonds. The zero-order valence-electron chi connectivity index (χ0n) is 11.9. The van der Waals surface area contributed by atoms with Crippen molar-refractivity contribution in [2.75, 3.05) is 19.9 Å². The maximum absolute atomic E-state index is 12.7. The van der Waals surface area contributed by atoms with E-state index in [4.69, 9.17) is 21.1 Å². The molecule has 5 nitrogen and oxygen atoms in total. The van der Waals surface area contributed by atoms with Crippen LogP contribution in [-0.4, -0.2) is 42.8 Å². The fourth-order valence-corrected chi connectivity index (χ4v) is 2.87. The molecule has 0 saturated carbocycles. The number of nitrogens with zero attached hydrogens (tertiary/aromatic N) is 1. The van der Waals surface area contributed by atoms with E-state index in [1.165, 1.54) is 0 Å². The molecule has 1 N–H and O–H groups in total. The van der Waals surface area contributed by atoms with E-state index >= 15 is 0 Å². The predicted molar refractivity (Wildman–Crippen MR) is 82.8 cm³/mol. The van der Waals surface area contributed by atoms with E-state index in [1.54, 1.807) is 12.1 Å². The van der Waals surface area contributed by atoms with E-state index in [2.05, 4.69) is 12.2 Å². The van der Waals surface area contributed by atoms with Crippen molar-refractivity contribution < 1.29 is 14.3 Å². The lowest BCUT2D eigenvalue weighted by Gasteiger charge is -2.38. The lowest BCUT2D eigenvalue weighted by molar-refractivity contribution is 0.0602. The summed E-state index contributed by atoms with van der Waals surface area (Å²) >= 11 is 6.13. The van der Waals surface area contributed by atoms with Gasteiger partial charge in [0.2, 0.25) is 6.79 Å². The molecule has 1 aromatic rings. The summed E-state index contributed by atoms with van der Waals surface area (Å²) in [5.74, 6) is 1.03. The fraction of sp³-hybridized carbons (Fsp3) is 0.500. The summed E-state index contributed by atoms with van der Waals surface area (Å²) in [6.45, 7) is 5.76. The molecule has 0 aliphatic carbocycles. The number of piperazine rings is 1. The Bertz CT molecular complexity index is 553. The van der Waals surface area contributed by atoms with Crippen LogP contribution in [0.25, 0.3) is 0 Å². The molecule has 21 heavy (non-hydrogen) atoms. The van der Waals surface area contributed by atoms with Crippen LogP contribution >= 0.6 is 24.0 Å². The van der Waals surface area contributed by atoms with E-state index in [0.717, 1.165) is 6.54 Å². The maximum atomic E-state index is 12.7. The van der Waals surface area contributed by atoms with Crippen molar-refractivity contribution in [2.45, 2.75) is 25.9 Å². The van der Waals surface area contributed by atoms with Crippen molar-refractivity contribution in [3.8, 4) is 11.5 Å². The first-order valence-corrected chi connectivity index (χ1v) is 7.09. The molecule has 1 fully saturated rings. The van der Waals surface area contributed by atoms with E-state index < -0.39 is 0 Å². The van der Waals surface area contributed by atoms with Crippen LogP contribution in [0.15, 0.2) is 12.1 Å². The Labute approximate surface area is 134 Å². The number of halogens is 2. The average Bonchev–Trinajstić information content (AvgIpc) is 2.90. The summed E-state index contributed by atoms with van der Waals surface area (Å²) in [5, 5.41) is 3.77. The average molecular weight is 333 g/mol. The van der Waals surface area contributed by atoms with Gasteiger partial charge in [-0.2, -0.15) is 0 Å². The molecule has 116 valence electrons. The second kappa shape index (κ2) is 6.30. The van der Waals surface area contributed by atoms with E-state index in [1.807, 2.05) is 11.8 Å². The van der Waals surface area contributed by atoms with E-state index in [-0.39, 0.29) is 37.2 Å². The molecule has 3 rings (SSSR count). The second-order valence-corrected chi connectivity index (χ2v) is 5.58. The molecule has 0 radical (unpaired) electrons. The lowest BCUT2D eigenvalue weighted by atomic mass is 10.1. The molecule has 1 saturated heterocycles. The molecule has 2 aliphatic rings. The molecule has 0 aromatic heterocycles. The second-order valence-electron chi connectivity index (χ2n) is 5.17. The highest BCUT2D eigenvalue weighted by Gasteiger charge is 2.30. The molecular weight excluding hydrogens is 315 g/mol. The van der Waals surface area contributed by atoms with Gasteiger partial charge in [-0.3, -0.25) is 4.79 Å². The number of carbonyl (C=O) groups is 1. The van der Waals surface area contributed by atoms with Gasteiger partial charge in [0.15, 0.2) is 11.5 Å². The monoisotopic (exact) mass is 332 g/mol. The Kier molecular flexibility index (Phi) is 4.86. The molecule has 0 bridgehead atoms. The van der Waals surface area contributed by atoms with Crippen LogP contribution in [0.4, 0.5) is 0 Å². The third-order valence-corrected chi connectivity index (χ3v) is 4.25. The van der Waals surface area contributed by atoms with Gasteiger partial charge in [0.1, 0.15) is 0 Å². The van der Waals surface area contributed by atoms with Crippen LogP contribution in [0.1, 0.15) is 24.2 Å². The topological polar surface area (TPSA) is 50.8 Å². The van der Waals surface area contributed by atoms with Gasteiger partial charge in [0.25, 0.3) is 5.91 Å². The smallest absolute Gasteiger partial charge is 0.254 e. The number of hydrogen-bond donors (Lipinski definition) is 1. The molecule has 2 aliphatic heterocycles. The van der Waals surface area contributed by atoms with Crippen LogP contribution in [0.2, 0.25) is 5.02 Å². The zero-order valence-corrected chi connectivity index (χ0v) is 13.5. The summed E-state index contributed by atoms with van der Waals surface area (Å²) in [7, 11) is 0. The Morgan fingerprint density at radius 1 is 1.38 bits per heavy atom. The zero-order chi connectivity index (χ0) is 14.3. The molecule has 7 heteroatoms. The number of fused-ring (bicyclic) bond motifs is 1. The first-order valence-electron chi connectivity index (χ1n) is 6.71. The molecular formula is C14H18Cl2N2O3. The first kappa shape index (κ1) is 16.2. The van der Waals surface area contributed by atoms with Gasteiger partial charge >= 0.3 is 0 Å². The van der Waals surface area contributed by atoms with Gasteiger partial charge in [0, 0.05) is 30.7 Å². The van der Waals surface area contributed by atoms with Crippen molar-refractivity contribution in [1.29, 1.82) is 0 Å². The Balaban J connectivity index is 0.00000161. The van der Waals surface area contributed by atoms with Crippen molar-refractivity contribution in [3.63, 3.8) is 0 Å². The van der Waals surface area contributed by atoms with Crippen molar-refractivity contribution in [1.82, 2.24) is 10.2 Å². The third-order valence-electron chi connectivity index (χ3n) is 3.97. The Morgan fingerprint density at radius 3 is 2.90 bits per heavy atom. The van der Waals surface area contributed by atoms with Crippen molar-refractivity contribution >= 4 is 29.9 Å². The largest absolute Gasteiger partial charge is 0.454 e. The summed E-state index contributed by atoms with van der Waals surface area (Å²) in [6, 6.07) is 3.77. The van der Waals surface area contributed by atoms with Crippen LogP contribution < -0.4 is 14.8 Å². The quantitative estimate of drug-likeness (QED) is 0.857. The van der Waals surface area contributed by atoms with Crippen LogP contribution in [0.3, 0.4) is 0 Å². The number of benzene rings is 1. The minimum atomic E-state index is -0.0222. The van der Waals surface area contributed by atoms with Crippen molar-refractivity contribution in [3.05, 3.63) is 22.7 Å². The van der Waals surface area contributed by atoms with Crippen molar-refractivity contribution in [2.24, 2.45) is 0 Å². The van der Waals surface area contributed by atoms with Gasteiger partial charge in [-0.05, 0) is 26.0 Å². The predicted octanol–water partition coefficient (Wildman–Crippen LogP) is 2.31. The maximum Gasteiger partial charge on any atom is 0.254 e. The minimum absolute atomic E-state index is 0. The summed E-state index contributed by atoms with van der Waals surface area (Å²) in [6.07, 6.45) is 0. The van der Waals surface area contributed by atoms with Gasteiger partial charge in [-0.1, -0.05) is 11.6 Å². The summed E-state index contributed by atoms with van der Waals surface area (Å²) in [4.78, 5) is 14.5. The van der Waals surface area contributed by atoms with Gasteiger partial charge in [-0.25, -0.2) is 0 Å². The summed E-state index contributed by atoms with van der Waals surface area (Å²) in [5.41, 5.74) is 0.542. The first-order chi connectivity index (χ1) is 9.58. The number of ether oxygens (including phenoxy) is 2. The molecule has 2 heterocycles. The highest BCUT2D eigenvalue weighted by molar-refractivity contribution is 6.32. The van der Waals surface area contributed by atoms with Crippen LogP contribution in [0.5, 0.6) is 11.5 Å². The number of hydrogen-bond acceptors (Lipinski definition) is 4. The highest BCUT2D eigenvalue weighted by atomic mass is 35.5. The standard InChI is InChI=1S/C14H17ClN2O3.ClH/c1-8-9(2)17(4-3-16-8)14(18)10-5-11(15)13-12(6-10)19-7-20-13;/h5-6,8-9,16H,3-4,7H2,1-2H3;1H. The number of carbonyl (C=O) groups excluding carboxylic acids is 1. The van der Waals surface area contributed by atoms with Crippen LogP contribution in [-0.2, 0) is 0 Å². The molecule has 2 atom stereocenters. The Morgan fingerprint density at radius 2 is 2.14 bits per heavy atom. The normalized spacial score (nSPS) is 23.7. The SMILES string of the molecule is CC1NCCN(C(=O)c2cc(Cl)c3c(c2)OCO3)C1C.Cl. The molecule has 2 unspecified atom stereocenters. The van der Waals surface area contributed by atoms with E-state index in [9.17, 15) is 4.79 Å². The fourth-order valence-electron chi connectivity index (χ4n) is 2.60. The van der Waals surface area contributed by atoms with Gasteiger partial charge < -0.3 is 19.7 Å². The van der Waals surface area contributed by atoms with Gasteiger partial charge in [-0.15, -0.1) is 12.4 Å². The number of nitrogens with one attached hydrogen (secondary N) is 1. The van der Waals surface area contributed by atoms with E-state index in [0.29, 0.717) is 28.6 Å². The lowest BCUT2D eigenvalue weighted by Crippen LogP contribution is -2.57. The number of amides is 1.